The summed E-state index contributed by atoms with van der Waals surface area (Å²) in [6, 6.07) is 5.28. The van der Waals surface area contributed by atoms with Gasteiger partial charge in [0, 0.05) is 18.2 Å². The summed E-state index contributed by atoms with van der Waals surface area (Å²) in [4.78, 5) is 41.4. The number of fused-ring (bicyclic) bond motifs is 1. The zero-order chi connectivity index (χ0) is 32.2. The Kier molecular flexibility index (Phi) is 11.8. The number of ether oxygens (including phenoxy) is 1. The van der Waals surface area contributed by atoms with Crippen LogP contribution in [0.1, 0.15) is 78.6 Å². The van der Waals surface area contributed by atoms with Crippen molar-refractivity contribution < 1.29 is 23.5 Å². The van der Waals surface area contributed by atoms with Crippen LogP contribution in [0.3, 0.4) is 0 Å². The van der Waals surface area contributed by atoms with Gasteiger partial charge in [-0.1, -0.05) is 52.8 Å². The highest BCUT2D eigenvalue weighted by atomic mass is 28.4. The highest BCUT2D eigenvalue weighted by Gasteiger charge is 2.39. The SMILES string of the molecule is CC(C)C[C@H](N)C(=O)n1cc(C[C@@H](C(N)=O)N(C)[C@H](CCO[Si](C)(C)C(C)(C)C)C(=O)OC(C)(C)C)c2ccccc21. The lowest BCUT2D eigenvalue weighted by Crippen LogP contribution is -2.53. The van der Waals surface area contributed by atoms with E-state index in [1.54, 1.807) is 22.7 Å². The average Bonchev–Trinajstić information content (AvgIpc) is 3.20. The van der Waals surface area contributed by atoms with Crippen molar-refractivity contribution in [2.45, 2.75) is 117 Å². The maximum Gasteiger partial charge on any atom is 0.323 e. The summed E-state index contributed by atoms with van der Waals surface area (Å²) in [6.45, 7) is 20.7. The van der Waals surface area contributed by atoms with E-state index in [9.17, 15) is 14.4 Å². The van der Waals surface area contributed by atoms with Crippen molar-refractivity contribution in [3.63, 3.8) is 0 Å². The van der Waals surface area contributed by atoms with Crippen molar-refractivity contribution >= 4 is 37.0 Å². The number of hydrogen-bond donors (Lipinski definition) is 2. The highest BCUT2D eigenvalue weighted by Crippen LogP contribution is 2.36. The number of para-hydroxylation sites is 1. The van der Waals surface area contributed by atoms with Crippen LogP contribution in [-0.2, 0) is 25.2 Å². The second kappa shape index (κ2) is 13.8. The van der Waals surface area contributed by atoms with Crippen molar-refractivity contribution in [1.82, 2.24) is 9.47 Å². The Labute approximate surface area is 253 Å². The lowest BCUT2D eigenvalue weighted by Gasteiger charge is -2.38. The molecule has 2 aromatic rings. The molecule has 0 unspecified atom stereocenters. The summed E-state index contributed by atoms with van der Waals surface area (Å²) in [6.07, 6.45) is 2.85. The van der Waals surface area contributed by atoms with E-state index in [-0.39, 0.29) is 23.3 Å². The number of carbonyl (C=O) groups is 3. The Hall–Kier alpha value is -2.53. The Balaban J connectivity index is 2.44. The predicted molar refractivity (Wildman–Crippen MR) is 172 cm³/mol. The number of nitrogens with zero attached hydrogens (tertiary/aromatic N) is 2. The first-order valence-corrected chi connectivity index (χ1v) is 17.8. The molecule has 1 aromatic carbocycles. The third kappa shape index (κ3) is 9.23. The molecule has 0 radical (unpaired) electrons. The van der Waals surface area contributed by atoms with E-state index in [1.807, 2.05) is 58.9 Å². The van der Waals surface area contributed by atoms with Crippen LogP contribution in [0.2, 0.25) is 18.1 Å². The summed E-state index contributed by atoms with van der Waals surface area (Å²) in [5.74, 6) is -0.948. The number of hydrogen-bond acceptors (Lipinski definition) is 7. The number of carbonyl (C=O) groups excluding carboxylic acids is 3. The van der Waals surface area contributed by atoms with Crippen molar-refractivity contribution in [1.29, 1.82) is 0 Å². The fraction of sp³-hybridized carbons (Fsp3) is 0.656. The van der Waals surface area contributed by atoms with Crippen LogP contribution in [-0.4, -0.2) is 72.9 Å². The van der Waals surface area contributed by atoms with Crippen molar-refractivity contribution in [2.75, 3.05) is 13.7 Å². The van der Waals surface area contributed by atoms with Crippen LogP contribution >= 0.6 is 0 Å². The maximum atomic E-state index is 13.5. The molecule has 3 atom stereocenters. The monoisotopic (exact) mass is 602 g/mol. The van der Waals surface area contributed by atoms with E-state index < -0.39 is 43.9 Å². The number of rotatable bonds is 13. The fourth-order valence-corrected chi connectivity index (χ4v) is 5.81. The first-order valence-electron chi connectivity index (χ1n) is 14.9. The quantitative estimate of drug-likeness (QED) is 0.241. The molecule has 2 rings (SSSR count). The molecule has 4 N–H and O–H groups in total. The van der Waals surface area contributed by atoms with E-state index in [2.05, 4.69) is 33.9 Å². The molecule has 0 saturated heterocycles. The van der Waals surface area contributed by atoms with Crippen LogP contribution < -0.4 is 11.5 Å². The summed E-state index contributed by atoms with van der Waals surface area (Å²) in [5, 5.41) is 0.844. The smallest absolute Gasteiger partial charge is 0.323 e. The van der Waals surface area contributed by atoms with Gasteiger partial charge in [0.2, 0.25) is 11.8 Å². The van der Waals surface area contributed by atoms with Crippen LogP contribution in [0.4, 0.5) is 0 Å². The molecule has 1 amide bonds. The normalized spacial score (nSPS) is 15.2. The van der Waals surface area contributed by atoms with Gasteiger partial charge >= 0.3 is 5.97 Å². The molecule has 0 bridgehead atoms. The topological polar surface area (TPSA) is 130 Å². The van der Waals surface area contributed by atoms with E-state index in [4.69, 9.17) is 20.6 Å². The molecule has 0 spiro atoms. The van der Waals surface area contributed by atoms with Gasteiger partial charge in [0.15, 0.2) is 8.32 Å². The molecule has 42 heavy (non-hydrogen) atoms. The van der Waals surface area contributed by atoms with Crippen molar-refractivity contribution in [2.24, 2.45) is 17.4 Å². The molecular weight excluding hydrogens is 548 g/mol. The largest absolute Gasteiger partial charge is 0.459 e. The minimum absolute atomic E-state index is 0.0133. The Morgan fingerprint density at radius 1 is 1.02 bits per heavy atom. The second-order valence-corrected chi connectivity index (χ2v) is 19.2. The molecule has 0 aliphatic carbocycles. The van der Waals surface area contributed by atoms with Crippen molar-refractivity contribution in [3.05, 3.63) is 36.0 Å². The number of benzene rings is 1. The average molecular weight is 603 g/mol. The molecule has 236 valence electrons. The first kappa shape index (κ1) is 35.7. The molecule has 1 aromatic heterocycles. The lowest BCUT2D eigenvalue weighted by molar-refractivity contribution is -0.162. The lowest BCUT2D eigenvalue weighted by atomic mass is 10.0. The van der Waals surface area contributed by atoms with E-state index in [0.717, 1.165) is 10.9 Å². The van der Waals surface area contributed by atoms with Gasteiger partial charge in [0.05, 0.1) is 17.6 Å². The van der Waals surface area contributed by atoms with Gasteiger partial charge in [0.1, 0.15) is 11.6 Å². The maximum absolute atomic E-state index is 13.5. The predicted octanol–water partition coefficient (Wildman–Crippen LogP) is 5.11. The minimum Gasteiger partial charge on any atom is -0.459 e. The van der Waals surface area contributed by atoms with Crippen molar-refractivity contribution in [3.8, 4) is 0 Å². The number of aromatic nitrogens is 1. The van der Waals surface area contributed by atoms with Gasteiger partial charge in [-0.05, 0) is 82.8 Å². The number of esters is 1. The van der Waals surface area contributed by atoms with Gasteiger partial charge < -0.3 is 20.6 Å². The zero-order valence-corrected chi connectivity index (χ0v) is 28.6. The van der Waals surface area contributed by atoms with E-state index in [0.29, 0.717) is 25.0 Å². The van der Waals surface area contributed by atoms with Crippen LogP contribution in [0, 0.1) is 5.92 Å². The van der Waals surface area contributed by atoms with Crippen LogP contribution in [0.25, 0.3) is 10.9 Å². The minimum atomic E-state index is -2.06. The third-order valence-corrected chi connectivity index (χ3v) is 12.7. The van der Waals surface area contributed by atoms with Gasteiger partial charge in [-0.25, -0.2) is 0 Å². The second-order valence-electron chi connectivity index (χ2n) is 14.4. The van der Waals surface area contributed by atoms with Gasteiger partial charge in [-0.15, -0.1) is 0 Å². The summed E-state index contributed by atoms with van der Waals surface area (Å²) >= 11 is 0. The molecule has 0 fully saturated rings. The molecule has 10 heteroatoms. The highest BCUT2D eigenvalue weighted by molar-refractivity contribution is 6.74. The molecule has 0 saturated carbocycles. The van der Waals surface area contributed by atoms with E-state index in [1.165, 1.54) is 0 Å². The third-order valence-electron chi connectivity index (χ3n) is 8.14. The summed E-state index contributed by atoms with van der Waals surface area (Å²) in [5.41, 5.74) is 13.0. The molecule has 0 aliphatic rings. The Bertz CT molecular complexity index is 1240. The Morgan fingerprint density at radius 2 is 1.62 bits per heavy atom. The van der Waals surface area contributed by atoms with E-state index >= 15 is 0 Å². The van der Waals surface area contributed by atoms with Gasteiger partial charge in [-0.3, -0.25) is 23.9 Å². The number of primary amides is 1. The number of nitrogens with two attached hydrogens (primary N) is 2. The van der Waals surface area contributed by atoms with Crippen LogP contribution in [0.5, 0.6) is 0 Å². The Morgan fingerprint density at radius 3 is 2.14 bits per heavy atom. The molecule has 9 nitrogen and oxygen atoms in total. The fourth-order valence-electron chi connectivity index (χ4n) is 4.75. The zero-order valence-electron chi connectivity index (χ0n) is 27.6. The van der Waals surface area contributed by atoms with Gasteiger partial charge in [-0.2, -0.15) is 0 Å². The summed E-state index contributed by atoms with van der Waals surface area (Å²) in [7, 11) is -0.342. The standard InChI is InChI=1S/C32H54N4O5Si/c1-21(2)18-24(33)29(38)36-20-22(23-14-12-13-15-25(23)36)19-27(28(34)37)35(9)26(30(39)41-31(3,4)5)16-17-40-42(10,11)32(6,7)8/h12-15,20-21,24,26-27H,16-19,33H2,1-11H3,(H2,34,37)/t24-,26+,27-/m0/s1. The molecule has 0 aliphatic heterocycles. The number of amides is 1. The van der Waals surface area contributed by atoms with Crippen LogP contribution in [0.15, 0.2) is 30.5 Å². The molecular formula is C32H54N4O5Si. The van der Waals surface area contributed by atoms with Gasteiger partial charge in [0.25, 0.3) is 0 Å². The molecule has 1 heterocycles. The number of likely N-dealkylation sites (N-methyl/N-ethyl adjacent to an activating group) is 1. The summed E-state index contributed by atoms with van der Waals surface area (Å²) < 4.78 is 13.7. The first-order chi connectivity index (χ1) is 19.2.